The highest BCUT2D eigenvalue weighted by atomic mass is 19.1. The molecule has 2 heterocycles. The van der Waals surface area contributed by atoms with Gasteiger partial charge >= 0.3 is 0 Å². The largest absolute Gasteiger partial charge is 0.378 e. The number of Topliss-reactive ketones (excluding diaryl/α,β-unsaturated/α-hetero) is 1. The first-order chi connectivity index (χ1) is 24.7. The van der Waals surface area contributed by atoms with E-state index in [9.17, 15) is 18.8 Å². The van der Waals surface area contributed by atoms with Gasteiger partial charge in [-0.05, 0) is 122 Å². The van der Waals surface area contributed by atoms with Crippen molar-refractivity contribution in [3.05, 3.63) is 58.9 Å². The maximum absolute atomic E-state index is 14.3. The first-order valence-corrected chi connectivity index (χ1v) is 19.8. The van der Waals surface area contributed by atoms with Gasteiger partial charge in [-0.2, -0.15) is 0 Å². The second kappa shape index (κ2) is 15.6. The molecule has 3 saturated carbocycles. The number of amides is 2. The minimum absolute atomic E-state index is 0.0506. The zero-order valence-electron chi connectivity index (χ0n) is 30.6. The average molecular weight is 698 g/mol. The molecule has 51 heavy (non-hydrogen) atoms. The lowest BCUT2D eigenvalue weighted by Crippen LogP contribution is -2.48. The van der Waals surface area contributed by atoms with Gasteiger partial charge in [0.1, 0.15) is 11.6 Å². The van der Waals surface area contributed by atoms with Gasteiger partial charge in [-0.15, -0.1) is 0 Å². The molecule has 0 radical (unpaired) electrons. The van der Waals surface area contributed by atoms with Crippen LogP contribution in [0.15, 0.2) is 36.4 Å². The van der Waals surface area contributed by atoms with E-state index in [0.29, 0.717) is 66.8 Å². The number of ketones is 1. The first-order valence-electron chi connectivity index (χ1n) is 19.8. The second-order valence-electron chi connectivity index (χ2n) is 16.3. The highest BCUT2D eigenvalue weighted by Crippen LogP contribution is 2.59. The Bertz CT molecular complexity index is 1730. The SMILES string of the molecule is CCCC[C@H]1[C@H]([C@@H]2CC[C@H](OCCCCC(=O)NCc3ccc(-c4[nH]c5cc(F)cc6c5c4CCNC6=O)cc3)C2)CC[C@H]2CC(=O)CC[C@@]21C. The predicted octanol–water partition coefficient (Wildman–Crippen LogP) is 8.82. The van der Waals surface area contributed by atoms with E-state index in [4.69, 9.17) is 4.74 Å². The number of ether oxygens (including phenoxy) is 1. The summed E-state index contributed by atoms with van der Waals surface area (Å²) in [6.45, 7) is 6.50. The van der Waals surface area contributed by atoms with Crippen molar-refractivity contribution in [2.24, 2.45) is 29.1 Å². The summed E-state index contributed by atoms with van der Waals surface area (Å²) >= 11 is 0. The number of nitrogens with one attached hydrogen (secondary N) is 3. The quantitative estimate of drug-likeness (QED) is 0.156. The third-order valence-corrected chi connectivity index (χ3v) is 13.2. The van der Waals surface area contributed by atoms with Crippen molar-refractivity contribution in [1.82, 2.24) is 15.6 Å². The van der Waals surface area contributed by atoms with Gasteiger partial charge in [-0.25, -0.2) is 4.39 Å². The van der Waals surface area contributed by atoms with Crippen LogP contribution in [0.25, 0.3) is 22.2 Å². The predicted molar refractivity (Wildman–Crippen MR) is 199 cm³/mol. The standard InChI is InChI=1S/C43H56FN3O4/c1-3-4-7-37-34(16-14-30-23-32(48)17-19-43(30,37)2)29-13-15-33(22-29)51-21-6-5-8-39(49)46-26-27-9-11-28(12-10-27)41-35-18-20-45-42(50)36-24-31(44)25-38(47-41)40(35)36/h9-12,24-25,29-30,33-34,37,47H,3-8,13-23,26H2,1-2H3,(H,45,50)(H,46,49)/t29-,30+,33+,34+,37+,43+/m1/s1. The number of hydrogen-bond donors (Lipinski definition) is 3. The summed E-state index contributed by atoms with van der Waals surface area (Å²) in [5.41, 5.74) is 5.22. The Morgan fingerprint density at radius 3 is 2.71 bits per heavy atom. The van der Waals surface area contributed by atoms with Crippen LogP contribution in [0.4, 0.5) is 4.39 Å². The van der Waals surface area contributed by atoms with Gasteiger partial charge in [0, 0.05) is 55.6 Å². The van der Waals surface area contributed by atoms with E-state index in [0.717, 1.165) is 84.0 Å². The van der Waals surface area contributed by atoms with Crippen LogP contribution in [0.1, 0.15) is 125 Å². The van der Waals surface area contributed by atoms with Gasteiger partial charge in [0.05, 0.1) is 11.7 Å². The lowest BCUT2D eigenvalue weighted by Gasteiger charge is -2.55. The fourth-order valence-electron chi connectivity index (χ4n) is 10.4. The van der Waals surface area contributed by atoms with Crippen LogP contribution in [0, 0.1) is 34.9 Å². The lowest BCUT2D eigenvalue weighted by atomic mass is 9.50. The molecule has 8 heteroatoms. The van der Waals surface area contributed by atoms with Crippen molar-refractivity contribution in [3.8, 4) is 11.3 Å². The maximum Gasteiger partial charge on any atom is 0.252 e. The molecule has 0 bridgehead atoms. The van der Waals surface area contributed by atoms with Crippen LogP contribution in [0.5, 0.6) is 0 Å². The van der Waals surface area contributed by atoms with E-state index in [1.54, 1.807) is 0 Å². The van der Waals surface area contributed by atoms with Crippen molar-refractivity contribution in [2.45, 2.75) is 123 Å². The number of unbranched alkanes of at least 4 members (excludes halogenated alkanes) is 2. The van der Waals surface area contributed by atoms with Gasteiger partial charge in [0.2, 0.25) is 5.91 Å². The second-order valence-corrected chi connectivity index (χ2v) is 16.3. The Morgan fingerprint density at radius 2 is 1.88 bits per heavy atom. The van der Waals surface area contributed by atoms with E-state index in [-0.39, 0.29) is 11.8 Å². The van der Waals surface area contributed by atoms with Gasteiger partial charge in [-0.1, -0.05) is 51.0 Å². The van der Waals surface area contributed by atoms with E-state index in [1.807, 2.05) is 24.3 Å². The number of fused-ring (bicyclic) bond motifs is 1. The molecular weight excluding hydrogens is 641 g/mol. The van der Waals surface area contributed by atoms with E-state index < -0.39 is 5.82 Å². The molecule has 3 fully saturated rings. The number of rotatable bonds is 13. The molecule has 3 aromatic rings. The van der Waals surface area contributed by atoms with Crippen LogP contribution in [-0.2, 0) is 27.3 Å². The van der Waals surface area contributed by atoms with E-state index in [1.165, 1.54) is 57.1 Å². The summed E-state index contributed by atoms with van der Waals surface area (Å²) in [7, 11) is 0. The van der Waals surface area contributed by atoms with Gasteiger partial charge in [0.15, 0.2) is 0 Å². The summed E-state index contributed by atoms with van der Waals surface area (Å²) in [5.74, 6) is 2.70. The molecule has 1 aromatic heterocycles. The fourth-order valence-corrected chi connectivity index (χ4v) is 10.4. The monoisotopic (exact) mass is 697 g/mol. The van der Waals surface area contributed by atoms with Crippen LogP contribution < -0.4 is 10.6 Å². The topological polar surface area (TPSA) is 100 Å². The zero-order chi connectivity index (χ0) is 35.5. The summed E-state index contributed by atoms with van der Waals surface area (Å²) in [6, 6.07) is 10.8. The van der Waals surface area contributed by atoms with Gasteiger partial charge in [-0.3, -0.25) is 14.4 Å². The Kier molecular flexibility index (Phi) is 11.0. The van der Waals surface area contributed by atoms with Crippen molar-refractivity contribution in [1.29, 1.82) is 0 Å². The molecule has 7 rings (SSSR count). The molecule has 2 aromatic carbocycles. The number of carbonyl (C=O) groups excluding carboxylic acids is 3. The van der Waals surface area contributed by atoms with Crippen LogP contribution in [-0.4, -0.2) is 41.8 Å². The Balaban J connectivity index is 0.838. The highest BCUT2D eigenvalue weighted by Gasteiger charge is 2.52. The fraction of sp³-hybridized carbons (Fsp3) is 0.605. The van der Waals surface area contributed by atoms with Crippen molar-refractivity contribution < 1.29 is 23.5 Å². The summed E-state index contributed by atoms with van der Waals surface area (Å²) in [5, 5.41) is 6.72. The number of hydrogen-bond acceptors (Lipinski definition) is 4. The number of aromatic amines is 1. The molecule has 3 N–H and O–H groups in total. The first kappa shape index (κ1) is 35.9. The molecule has 0 saturated heterocycles. The number of aromatic nitrogens is 1. The third kappa shape index (κ3) is 7.67. The molecular formula is C43H56FN3O4. The van der Waals surface area contributed by atoms with Crippen LogP contribution in [0.3, 0.4) is 0 Å². The number of carbonyl (C=O) groups is 3. The Labute approximate surface area is 302 Å². The summed E-state index contributed by atoms with van der Waals surface area (Å²) in [6.07, 6.45) is 15.8. The van der Waals surface area contributed by atoms with E-state index in [2.05, 4.69) is 29.5 Å². The Hall–Kier alpha value is -3.52. The molecule has 6 atom stereocenters. The third-order valence-electron chi connectivity index (χ3n) is 13.2. The minimum atomic E-state index is -0.437. The molecule has 2 amide bonds. The van der Waals surface area contributed by atoms with Crippen molar-refractivity contribution in [3.63, 3.8) is 0 Å². The molecule has 1 aliphatic heterocycles. The molecule has 7 nitrogen and oxygen atoms in total. The number of H-pyrrole nitrogens is 1. The minimum Gasteiger partial charge on any atom is -0.378 e. The summed E-state index contributed by atoms with van der Waals surface area (Å²) < 4.78 is 20.7. The van der Waals surface area contributed by atoms with Crippen LogP contribution in [0.2, 0.25) is 0 Å². The smallest absolute Gasteiger partial charge is 0.252 e. The lowest BCUT2D eigenvalue weighted by molar-refractivity contribution is -0.131. The van der Waals surface area contributed by atoms with E-state index >= 15 is 0 Å². The number of benzene rings is 2. The van der Waals surface area contributed by atoms with Crippen molar-refractivity contribution >= 4 is 28.5 Å². The Morgan fingerprint density at radius 1 is 1.04 bits per heavy atom. The molecule has 274 valence electrons. The van der Waals surface area contributed by atoms with Crippen molar-refractivity contribution in [2.75, 3.05) is 13.2 Å². The average Bonchev–Trinajstić information content (AvgIpc) is 3.70. The highest BCUT2D eigenvalue weighted by molar-refractivity contribution is 6.10. The zero-order valence-corrected chi connectivity index (χ0v) is 30.6. The molecule has 3 aliphatic carbocycles. The summed E-state index contributed by atoms with van der Waals surface area (Å²) in [4.78, 5) is 40.8. The van der Waals surface area contributed by atoms with Gasteiger partial charge in [0.25, 0.3) is 5.91 Å². The van der Waals surface area contributed by atoms with Crippen LogP contribution >= 0.6 is 0 Å². The normalized spacial score (nSPS) is 27.6. The maximum atomic E-state index is 14.3. The molecule has 0 spiro atoms. The molecule has 4 aliphatic rings. The number of halogens is 1. The van der Waals surface area contributed by atoms with Gasteiger partial charge < -0.3 is 20.4 Å². The molecule has 0 unspecified atom stereocenters.